The third-order valence-electron chi connectivity index (χ3n) is 6.10. The molecule has 5 heteroatoms. The van der Waals surface area contributed by atoms with Crippen LogP contribution in [0.4, 0.5) is 0 Å². The molecular weight excluding hydrogens is 392 g/mol. The number of rotatable bonds is 7. The highest BCUT2D eigenvalue weighted by atomic mass is 32.1. The van der Waals surface area contributed by atoms with Crippen LogP contribution in [0.15, 0.2) is 35.7 Å². The number of fused-ring (bicyclic) bond motifs is 1. The van der Waals surface area contributed by atoms with Gasteiger partial charge in [-0.25, -0.2) is 0 Å². The first-order chi connectivity index (χ1) is 14.3. The summed E-state index contributed by atoms with van der Waals surface area (Å²) >= 11 is 1.78. The van der Waals surface area contributed by atoms with Crippen molar-refractivity contribution < 1.29 is 9.59 Å². The summed E-state index contributed by atoms with van der Waals surface area (Å²) in [6.45, 7) is 11.2. The van der Waals surface area contributed by atoms with E-state index in [0.717, 1.165) is 12.8 Å². The highest BCUT2D eigenvalue weighted by molar-refractivity contribution is 7.10. The van der Waals surface area contributed by atoms with Gasteiger partial charge in [0.25, 0.3) is 0 Å². The minimum Gasteiger partial charge on any atom is -0.331 e. The Labute approximate surface area is 184 Å². The van der Waals surface area contributed by atoms with Gasteiger partial charge < -0.3 is 9.80 Å². The molecule has 2 amide bonds. The van der Waals surface area contributed by atoms with Crippen LogP contribution in [-0.2, 0) is 16.0 Å². The summed E-state index contributed by atoms with van der Waals surface area (Å²) in [5.74, 6) is 0.396. The third-order valence-corrected chi connectivity index (χ3v) is 7.10. The fourth-order valence-electron chi connectivity index (χ4n) is 4.23. The number of carbonyl (C=O) groups excluding carboxylic acids is 2. The van der Waals surface area contributed by atoms with E-state index in [1.807, 2.05) is 37.8 Å². The van der Waals surface area contributed by atoms with E-state index in [-0.39, 0.29) is 36.4 Å². The standard InChI is InChI=1S/C25H34N2O2S/c1-6-19(5)27(23(28)15-17(2)3)16-24(29)26-13-11-22-21(12-14-30-22)25(26)20-10-8-7-9-18(20)4/h7-10,12,14,17,19,25H,6,11,13,15-16H2,1-5H3/t19-,25+/m0/s1. The van der Waals surface area contributed by atoms with Gasteiger partial charge in [0.05, 0.1) is 6.04 Å². The molecule has 162 valence electrons. The van der Waals surface area contributed by atoms with E-state index in [2.05, 4.69) is 37.4 Å². The van der Waals surface area contributed by atoms with Crippen LogP contribution in [0.25, 0.3) is 0 Å². The second kappa shape index (κ2) is 9.78. The third kappa shape index (κ3) is 4.77. The van der Waals surface area contributed by atoms with Crippen LogP contribution in [-0.4, -0.2) is 40.7 Å². The summed E-state index contributed by atoms with van der Waals surface area (Å²) in [7, 11) is 0. The minimum absolute atomic E-state index is 0.0394. The highest BCUT2D eigenvalue weighted by Crippen LogP contribution is 2.39. The van der Waals surface area contributed by atoms with Gasteiger partial charge in [-0.05, 0) is 60.7 Å². The van der Waals surface area contributed by atoms with Gasteiger partial charge in [0.15, 0.2) is 0 Å². The molecule has 0 radical (unpaired) electrons. The Morgan fingerprint density at radius 3 is 2.57 bits per heavy atom. The van der Waals surface area contributed by atoms with E-state index in [9.17, 15) is 9.59 Å². The predicted octanol–water partition coefficient (Wildman–Crippen LogP) is 5.20. The highest BCUT2D eigenvalue weighted by Gasteiger charge is 2.35. The molecule has 30 heavy (non-hydrogen) atoms. The van der Waals surface area contributed by atoms with Gasteiger partial charge in [0.1, 0.15) is 6.54 Å². The van der Waals surface area contributed by atoms with Crippen LogP contribution in [0.3, 0.4) is 0 Å². The largest absolute Gasteiger partial charge is 0.331 e. The van der Waals surface area contributed by atoms with Gasteiger partial charge in [-0.3, -0.25) is 9.59 Å². The van der Waals surface area contributed by atoms with Crippen molar-refractivity contribution in [1.82, 2.24) is 9.80 Å². The summed E-state index contributed by atoms with van der Waals surface area (Å²) in [5, 5.41) is 2.13. The molecule has 1 aliphatic rings. The smallest absolute Gasteiger partial charge is 0.243 e. The lowest BCUT2D eigenvalue weighted by molar-refractivity contribution is -0.144. The number of amides is 2. The van der Waals surface area contributed by atoms with Crippen LogP contribution >= 0.6 is 11.3 Å². The number of carbonyl (C=O) groups is 2. The van der Waals surface area contributed by atoms with Crippen molar-refractivity contribution in [2.24, 2.45) is 5.92 Å². The van der Waals surface area contributed by atoms with Crippen molar-refractivity contribution in [3.63, 3.8) is 0 Å². The summed E-state index contributed by atoms with van der Waals surface area (Å²) in [6.07, 6.45) is 2.20. The Hall–Kier alpha value is -2.14. The predicted molar refractivity (Wildman–Crippen MR) is 124 cm³/mol. The molecule has 1 aliphatic heterocycles. The molecule has 2 aromatic rings. The molecule has 2 atom stereocenters. The van der Waals surface area contributed by atoms with Crippen molar-refractivity contribution in [3.8, 4) is 0 Å². The van der Waals surface area contributed by atoms with Crippen LogP contribution < -0.4 is 0 Å². The van der Waals surface area contributed by atoms with E-state index in [0.29, 0.717) is 13.0 Å². The summed E-state index contributed by atoms with van der Waals surface area (Å²) in [5.41, 5.74) is 3.60. The van der Waals surface area contributed by atoms with Crippen LogP contribution in [0.1, 0.15) is 68.1 Å². The van der Waals surface area contributed by atoms with Gasteiger partial charge >= 0.3 is 0 Å². The molecule has 0 saturated carbocycles. The summed E-state index contributed by atoms with van der Waals surface area (Å²) < 4.78 is 0. The molecular formula is C25H34N2O2S. The van der Waals surface area contributed by atoms with Gasteiger partial charge in [0, 0.05) is 23.9 Å². The van der Waals surface area contributed by atoms with Gasteiger partial charge in [-0.2, -0.15) is 0 Å². The lowest BCUT2D eigenvalue weighted by atomic mass is 9.90. The Morgan fingerprint density at radius 1 is 1.17 bits per heavy atom. The van der Waals surface area contributed by atoms with E-state index < -0.39 is 0 Å². The zero-order chi connectivity index (χ0) is 21.8. The zero-order valence-corrected chi connectivity index (χ0v) is 19.7. The van der Waals surface area contributed by atoms with E-state index in [1.165, 1.54) is 21.6 Å². The topological polar surface area (TPSA) is 40.6 Å². The molecule has 4 nitrogen and oxygen atoms in total. The maximum Gasteiger partial charge on any atom is 0.243 e. The second-order valence-electron chi connectivity index (χ2n) is 8.77. The normalized spacial score (nSPS) is 17.0. The van der Waals surface area contributed by atoms with Crippen molar-refractivity contribution in [1.29, 1.82) is 0 Å². The first-order valence-electron chi connectivity index (χ1n) is 11.0. The zero-order valence-electron chi connectivity index (χ0n) is 18.9. The first-order valence-corrected chi connectivity index (χ1v) is 11.9. The molecule has 0 saturated heterocycles. The Morgan fingerprint density at radius 2 is 1.90 bits per heavy atom. The average Bonchev–Trinajstić information content (AvgIpc) is 3.19. The van der Waals surface area contributed by atoms with Gasteiger partial charge in [-0.15, -0.1) is 11.3 Å². The van der Waals surface area contributed by atoms with Crippen molar-refractivity contribution >= 4 is 23.2 Å². The maximum absolute atomic E-state index is 13.6. The van der Waals surface area contributed by atoms with Crippen LogP contribution in [0.2, 0.25) is 0 Å². The monoisotopic (exact) mass is 426 g/mol. The summed E-state index contributed by atoms with van der Waals surface area (Å²) in [6, 6.07) is 10.5. The Balaban J connectivity index is 1.91. The SMILES string of the molecule is CC[C@H](C)N(CC(=O)N1CCc2sccc2[C@H]1c1ccccc1C)C(=O)CC(C)C. The van der Waals surface area contributed by atoms with Crippen LogP contribution in [0.5, 0.6) is 0 Å². The molecule has 0 spiro atoms. The van der Waals surface area contributed by atoms with E-state index >= 15 is 0 Å². The number of benzene rings is 1. The van der Waals surface area contributed by atoms with Crippen molar-refractivity contribution in [2.45, 2.75) is 66.0 Å². The average molecular weight is 427 g/mol. The lowest BCUT2D eigenvalue weighted by Crippen LogP contribution is -2.49. The molecule has 1 aromatic carbocycles. The summed E-state index contributed by atoms with van der Waals surface area (Å²) in [4.78, 5) is 31.6. The molecule has 3 rings (SSSR count). The Kier molecular flexibility index (Phi) is 7.35. The Bertz CT molecular complexity index is 889. The van der Waals surface area contributed by atoms with E-state index in [4.69, 9.17) is 0 Å². The van der Waals surface area contributed by atoms with Gasteiger partial charge in [0.2, 0.25) is 11.8 Å². The van der Waals surface area contributed by atoms with Crippen molar-refractivity contribution in [3.05, 3.63) is 57.3 Å². The van der Waals surface area contributed by atoms with E-state index in [1.54, 1.807) is 16.2 Å². The lowest BCUT2D eigenvalue weighted by Gasteiger charge is -2.39. The van der Waals surface area contributed by atoms with Gasteiger partial charge in [-0.1, -0.05) is 45.0 Å². The fraction of sp³-hybridized carbons (Fsp3) is 0.520. The minimum atomic E-state index is -0.0762. The fourth-order valence-corrected chi connectivity index (χ4v) is 5.13. The molecule has 2 heterocycles. The number of thiophene rings is 1. The number of aryl methyl sites for hydroxylation is 1. The number of nitrogens with zero attached hydrogens (tertiary/aromatic N) is 2. The number of hydrogen-bond donors (Lipinski definition) is 0. The number of hydrogen-bond acceptors (Lipinski definition) is 3. The van der Waals surface area contributed by atoms with Crippen molar-refractivity contribution in [2.75, 3.05) is 13.1 Å². The molecule has 0 bridgehead atoms. The van der Waals surface area contributed by atoms with Crippen LogP contribution in [0, 0.1) is 12.8 Å². The first kappa shape index (κ1) is 22.5. The quantitative estimate of drug-likeness (QED) is 0.610. The molecule has 0 fully saturated rings. The maximum atomic E-state index is 13.6. The molecule has 0 N–H and O–H groups in total. The second-order valence-corrected chi connectivity index (χ2v) is 9.77. The molecule has 0 aliphatic carbocycles. The molecule has 1 aromatic heterocycles. The molecule has 0 unspecified atom stereocenters.